The fourth-order valence-electron chi connectivity index (χ4n) is 2.41. The summed E-state index contributed by atoms with van der Waals surface area (Å²) in [5, 5.41) is 0. The Morgan fingerprint density at radius 1 is 1.50 bits per heavy atom. The molecule has 2 atom stereocenters. The summed E-state index contributed by atoms with van der Waals surface area (Å²) in [4.78, 5) is 12.7. The van der Waals surface area contributed by atoms with Crippen LogP contribution in [0.5, 0.6) is 0 Å². The van der Waals surface area contributed by atoms with Gasteiger partial charge in [-0.1, -0.05) is 0 Å². The van der Waals surface area contributed by atoms with E-state index in [-0.39, 0.29) is 0 Å². The zero-order valence-electron chi connectivity index (χ0n) is 9.13. The van der Waals surface area contributed by atoms with Crippen molar-refractivity contribution in [3.8, 4) is 0 Å². The fourth-order valence-corrected chi connectivity index (χ4v) is 4.70. The fraction of sp³-hybridized carbons (Fsp3) is 0.583. The lowest BCUT2D eigenvalue weighted by Gasteiger charge is -2.07. The largest absolute Gasteiger partial charge is 0.300 e. The van der Waals surface area contributed by atoms with Crippen LogP contribution in [-0.4, -0.2) is 5.78 Å². The monoisotopic (exact) mass is 364 g/mol. The van der Waals surface area contributed by atoms with Gasteiger partial charge in [0, 0.05) is 15.3 Å². The van der Waals surface area contributed by atoms with Crippen LogP contribution in [0.3, 0.4) is 0 Å². The number of rotatable bonds is 3. The van der Waals surface area contributed by atoms with Crippen LogP contribution in [0.1, 0.15) is 31.1 Å². The standard InChI is InChI=1S/C12H14Br2OS/c1-7(15)9-3-2-8(4-9)5-10-6-11(13)12(14)16-10/h6,8-9H,2-5H2,1H3/t8-,9-/m1/s1. The molecule has 1 aliphatic rings. The summed E-state index contributed by atoms with van der Waals surface area (Å²) in [6.07, 6.45) is 4.51. The van der Waals surface area contributed by atoms with E-state index in [9.17, 15) is 4.79 Å². The van der Waals surface area contributed by atoms with Crippen LogP contribution >= 0.6 is 43.2 Å². The molecule has 4 heteroatoms. The second-order valence-corrected chi connectivity index (χ2v) is 7.83. The molecule has 1 nitrogen and oxygen atoms in total. The Labute approximate surface area is 117 Å². The van der Waals surface area contributed by atoms with Crippen molar-refractivity contribution < 1.29 is 4.79 Å². The zero-order chi connectivity index (χ0) is 11.7. The molecule has 88 valence electrons. The number of ketones is 1. The van der Waals surface area contributed by atoms with Crippen molar-refractivity contribution in [2.24, 2.45) is 11.8 Å². The molecule has 0 bridgehead atoms. The average Bonchev–Trinajstić information content (AvgIpc) is 2.76. The first-order valence-corrected chi connectivity index (χ1v) is 7.90. The van der Waals surface area contributed by atoms with Crippen LogP contribution < -0.4 is 0 Å². The Morgan fingerprint density at radius 3 is 2.75 bits per heavy atom. The first kappa shape index (κ1) is 12.8. The zero-order valence-corrected chi connectivity index (χ0v) is 13.1. The maximum atomic E-state index is 11.3. The van der Waals surface area contributed by atoms with E-state index in [0.29, 0.717) is 17.6 Å². The molecule has 16 heavy (non-hydrogen) atoms. The molecular formula is C12H14Br2OS. The first-order chi connectivity index (χ1) is 7.56. The minimum atomic E-state index is 0.330. The van der Waals surface area contributed by atoms with Gasteiger partial charge in [0.15, 0.2) is 0 Å². The minimum absolute atomic E-state index is 0.330. The summed E-state index contributed by atoms with van der Waals surface area (Å²) in [6.45, 7) is 1.73. The number of thiophene rings is 1. The number of hydrogen-bond donors (Lipinski definition) is 0. The van der Waals surface area contributed by atoms with Crippen LogP contribution in [0, 0.1) is 11.8 Å². The van der Waals surface area contributed by atoms with Crippen LogP contribution in [-0.2, 0) is 11.2 Å². The first-order valence-electron chi connectivity index (χ1n) is 5.50. The van der Waals surface area contributed by atoms with Gasteiger partial charge in [-0.15, -0.1) is 11.3 Å². The molecule has 1 fully saturated rings. The normalized spacial score (nSPS) is 24.9. The lowest BCUT2D eigenvalue weighted by molar-refractivity contribution is -0.120. The maximum absolute atomic E-state index is 11.3. The highest BCUT2D eigenvalue weighted by atomic mass is 79.9. The molecular weight excluding hydrogens is 352 g/mol. The van der Waals surface area contributed by atoms with Gasteiger partial charge >= 0.3 is 0 Å². The molecule has 1 saturated carbocycles. The molecule has 0 saturated heterocycles. The number of carbonyl (C=O) groups is 1. The van der Waals surface area contributed by atoms with Crippen molar-refractivity contribution in [2.75, 3.05) is 0 Å². The van der Waals surface area contributed by atoms with E-state index in [4.69, 9.17) is 0 Å². The third kappa shape index (κ3) is 2.96. The van der Waals surface area contributed by atoms with E-state index in [1.54, 1.807) is 18.3 Å². The van der Waals surface area contributed by atoms with E-state index >= 15 is 0 Å². The molecule has 1 aromatic heterocycles. The summed E-state index contributed by atoms with van der Waals surface area (Å²) in [6, 6.07) is 2.19. The van der Waals surface area contributed by atoms with Crippen LogP contribution in [0.25, 0.3) is 0 Å². The smallest absolute Gasteiger partial charge is 0.132 e. The summed E-state index contributed by atoms with van der Waals surface area (Å²) < 4.78 is 2.32. The quantitative estimate of drug-likeness (QED) is 0.750. The summed E-state index contributed by atoms with van der Waals surface area (Å²) >= 11 is 8.82. The van der Waals surface area contributed by atoms with E-state index in [0.717, 1.165) is 23.7 Å². The minimum Gasteiger partial charge on any atom is -0.300 e. The predicted octanol–water partition coefficient (Wildman–Crippen LogP) is 4.82. The number of hydrogen-bond acceptors (Lipinski definition) is 2. The highest BCUT2D eigenvalue weighted by Crippen LogP contribution is 2.38. The highest BCUT2D eigenvalue weighted by molar-refractivity contribution is 9.13. The van der Waals surface area contributed by atoms with Gasteiger partial charge in [-0.2, -0.15) is 0 Å². The van der Waals surface area contributed by atoms with Gasteiger partial charge in [-0.3, -0.25) is 4.79 Å². The second-order valence-electron chi connectivity index (χ2n) is 4.53. The van der Waals surface area contributed by atoms with Gasteiger partial charge in [0.05, 0.1) is 3.79 Å². The Hall–Kier alpha value is 0.330. The maximum Gasteiger partial charge on any atom is 0.132 e. The summed E-state index contributed by atoms with van der Waals surface area (Å²) in [7, 11) is 0. The average molecular weight is 366 g/mol. The Kier molecular flexibility index (Phi) is 4.25. The van der Waals surface area contributed by atoms with E-state index < -0.39 is 0 Å². The molecule has 0 radical (unpaired) electrons. The number of halogens is 2. The van der Waals surface area contributed by atoms with Crippen molar-refractivity contribution in [1.29, 1.82) is 0 Å². The SMILES string of the molecule is CC(=O)[C@@H]1CC[C@@H](Cc2cc(Br)c(Br)s2)C1. The summed E-state index contributed by atoms with van der Waals surface area (Å²) in [5.41, 5.74) is 0. The van der Waals surface area contributed by atoms with Gasteiger partial charge in [0.2, 0.25) is 0 Å². The van der Waals surface area contributed by atoms with Crippen molar-refractivity contribution in [3.63, 3.8) is 0 Å². The van der Waals surface area contributed by atoms with E-state index in [1.165, 1.54) is 15.1 Å². The van der Waals surface area contributed by atoms with E-state index in [1.807, 2.05) is 0 Å². The third-order valence-electron chi connectivity index (χ3n) is 3.30. The Bertz CT molecular complexity index is 380. The Balaban J connectivity index is 1.94. The van der Waals surface area contributed by atoms with Crippen molar-refractivity contribution in [1.82, 2.24) is 0 Å². The molecule has 2 rings (SSSR count). The van der Waals surface area contributed by atoms with Gasteiger partial charge in [-0.25, -0.2) is 0 Å². The van der Waals surface area contributed by atoms with Crippen LogP contribution in [0.4, 0.5) is 0 Å². The second kappa shape index (κ2) is 5.32. The van der Waals surface area contributed by atoms with Gasteiger partial charge in [-0.05, 0) is 76.5 Å². The molecule has 1 aromatic rings. The van der Waals surface area contributed by atoms with Crippen molar-refractivity contribution in [2.45, 2.75) is 32.6 Å². The van der Waals surface area contributed by atoms with Gasteiger partial charge < -0.3 is 0 Å². The topological polar surface area (TPSA) is 17.1 Å². The highest BCUT2D eigenvalue weighted by Gasteiger charge is 2.27. The lowest BCUT2D eigenvalue weighted by atomic mass is 9.99. The van der Waals surface area contributed by atoms with Crippen molar-refractivity contribution in [3.05, 3.63) is 19.2 Å². The van der Waals surface area contributed by atoms with Gasteiger partial charge in [0.1, 0.15) is 5.78 Å². The number of carbonyl (C=O) groups excluding carboxylic acids is 1. The molecule has 0 aromatic carbocycles. The van der Waals surface area contributed by atoms with Crippen molar-refractivity contribution >= 4 is 49.0 Å². The van der Waals surface area contributed by atoms with Crippen LogP contribution in [0.15, 0.2) is 14.3 Å². The molecule has 0 spiro atoms. The van der Waals surface area contributed by atoms with E-state index in [2.05, 4.69) is 37.9 Å². The molecule has 0 amide bonds. The summed E-state index contributed by atoms with van der Waals surface area (Å²) in [5.74, 6) is 1.40. The molecule has 0 aliphatic heterocycles. The molecule has 1 aliphatic carbocycles. The van der Waals surface area contributed by atoms with Crippen LogP contribution in [0.2, 0.25) is 0 Å². The lowest BCUT2D eigenvalue weighted by Crippen LogP contribution is -2.07. The Morgan fingerprint density at radius 2 is 2.25 bits per heavy atom. The number of Topliss-reactive ketones (excluding diaryl/α,β-unsaturated/α-hetero) is 1. The molecule has 0 N–H and O–H groups in total. The van der Waals surface area contributed by atoms with Gasteiger partial charge in [0.25, 0.3) is 0 Å². The molecule has 0 unspecified atom stereocenters. The third-order valence-corrected chi connectivity index (χ3v) is 6.58. The molecule has 1 heterocycles. The predicted molar refractivity (Wildman–Crippen MR) is 74.9 cm³/mol.